The number of aryl methyl sites for hydroxylation is 1. The van der Waals surface area contributed by atoms with Crippen molar-refractivity contribution >= 4 is 0 Å². The van der Waals surface area contributed by atoms with E-state index in [1.54, 1.807) is 0 Å². The van der Waals surface area contributed by atoms with Crippen LogP contribution in [0, 0.1) is 6.92 Å². The summed E-state index contributed by atoms with van der Waals surface area (Å²) in [6, 6.07) is 25.5. The van der Waals surface area contributed by atoms with Crippen molar-refractivity contribution < 1.29 is 9.47 Å². The number of imidazole rings is 1. The van der Waals surface area contributed by atoms with Gasteiger partial charge < -0.3 is 14.0 Å². The molecule has 5 heteroatoms. The highest BCUT2D eigenvalue weighted by atomic mass is 16.7. The Morgan fingerprint density at radius 1 is 0.917 bits per heavy atom. The van der Waals surface area contributed by atoms with E-state index in [0.717, 1.165) is 62.8 Å². The third kappa shape index (κ3) is 5.63. The van der Waals surface area contributed by atoms with Crippen LogP contribution < -0.4 is 9.47 Å². The summed E-state index contributed by atoms with van der Waals surface area (Å²) in [5.41, 5.74) is 6.40. The molecule has 1 aromatic heterocycles. The first kappa shape index (κ1) is 24.1. The number of ether oxygens (including phenoxy) is 2. The van der Waals surface area contributed by atoms with Gasteiger partial charge in [-0.1, -0.05) is 74.0 Å². The maximum Gasteiger partial charge on any atom is 0.231 e. The number of rotatable bonds is 11. The lowest BCUT2D eigenvalue weighted by Gasteiger charge is -2.24. The molecule has 0 radical (unpaired) electrons. The molecule has 0 saturated carbocycles. The number of aromatic nitrogens is 2. The molecule has 186 valence electrons. The molecule has 0 spiro atoms. The van der Waals surface area contributed by atoms with Gasteiger partial charge >= 0.3 is 0 Å². The van der Waals surface area contributed by atoms with Crippen LogP contribution in [0.5, 0.6) is 11.5 Å². The third-order valence-electron chi connectivity index (χ3n) is 6.89. The van der Waals surface area contributed by atoms with Gasteiger partial charge in [0.1, 0.15) is 5.82 Å². The predicted molar refractivity (Wildman–Crippen MR) is 144 cm³/mol. The molecule has 0 N–H and O–H groups in total. The van der Waals surface area contributed by atoms with E-state index in [9.17, 15) is 0 Å². The summed E-state index contributed by atoms with van der Waals surface area (Å²) in [5, 5.41) is 0. The van der Waals surface area contributed by atoms with Crippen LogP contribution in [0.3, 0.4) is 0 Å². The highest BCUT2D eigenvalue weighted by Gasteiger charge is 2.18. The van der Waals surface area contributed by atoms with Gasteiger partial charge in [-0.25, -0.2) is 4.98 Å². The second kappa shape index (κ2) is 11.4. The van der Waals surface area contributed by atoms with Gasteiger partial charge in [-0.15, -0.1) is 0 Å². The van der Waals surface area contributed by atoms with Gasteiger partial charge in [0.2, 0.25) is 6.79 Å². The van der Waals surface area contributed by atoms with Crippen molar-refractivity contribution in [1.29, 1.82) is 0 Å². The van der Waals surface area contributed by atoms with Crippen molar-refractivity contribution in [2.45, 2.75) is 52.7 Å². The van der Waals surface area contributed by atoms with Crippen LogP contribution in [0.1, 0.15) is 42.1 Å². The fourth-order valence-electron chi connectivity index (χ4n) is 4.83. The zero-order chi connectivity index (χ0) is 24.7. The first-order valence-electron chi connectivity index (χ1n) is 13.0. The van der Waals surface area contributed by atoms with E-state index in [1.165, 1.54) is 27.9 Å². The molecule has 3 aromatic carbocycles. The lowest BCUT2D eigenvalue weighted by atomic mass is 10.1. The van der Waals surface area contributed by atoms with Gasteiger partial charge in [0.25, 0.3) is 0 Å². The molecule has 5 nitrogen and oxygen atoms in total. The van der Waals surface area contributed by atoms with E-state index in [1.807, 2.05) is 6.07 Å². The number of hydrogen-bond donors (Lipinski definition) is 0. The van der Waals surface area contributed by atoms with Crippen molar-refractivity contribution in [3.8, 4) is 22.9 Å². The van der Waals surface area contributed by atoms with Crippen LogP contribution in [-0.4, -0.2) is 27.8 Å². The van der Waals surface area contributed by atoms with Crippen LogP contribution in [-0.2, 0) is 26.1 Å². The summed E-state index contributed by atoms with van der Waals surface area (Å²) in [7, 11) is 0. The van der Waals surface area contributed by atoms with Crippen LogP contribution in [0.4, 0.5) is 0 Å². The highest BCUT2D eigenvalue weighted by Crippen LogP contribution is 2.33. The molecule has 0 aliphatic carbocycles. The van der Waals surface area contributed by atoms with Gasteiger partial charge in [0.15, 0.2) is 11.5 Å². The minimum Gasteiger partial charge on any atom is -0.454 e. The van der Waals surface area contributed by atoms with E-state index in [2.05, 4.69) is 96.2 Å². The van der Waals surface area contributed by atoms with Crippen molar-refractivity contribution in [3.05, 3.63) is 101 Å². The maximum atomic E-state index is 5.64. The molecule has 0 saturated heterocycles. The summed E-state index contributed by atoms with van der Waals surface area (Å²) >= 11 is 0. The normalized spacial score (nSPS) is 12.4. The van der Waals surface area contributed by atoms with Crippen LogP contribution in [0.15, 0.2) is 79.0 Å². The number of nitrogens with zero attached hydrogens (tertiary/aromatic N) is 3. The summed E-state index contributed by atoms with van der Waals surface area (Å²) in [6.07, 6.45) is 5.36. The fraction of sp³-hybridized carbons (Fsp3) is 0.323. The van der Waals surface area contributed by atoms with E-state index < -0.39 is 0 Å². The SMILES string of the molecule is CCCCn1c(CN(CCc2ccccc2C)Cc2ccc3c(c2)OCO3)cnc1-c1ccccc1. The van der Waals surface area contributed by atoms with Crippen molar-refractivity contribution in [1.82, 2.24) is 14.5 Å². The lowest BCUT2D eigenvalue weighted by molar-refractivity contribution is 0.174. The first-order chi connectivity index (χ1) is 17.7. The Labute approximate surface area is 214 Å². The average molecular weight is 482 g/mol. The van der Waals surface area contributed by atoms with Crippen LogP contribution in [0.2, 0.25) is 0 Å². The molecule has 36 heavy (non-hydrogen) atoms. The molecular formula is C31H35N3O2. The van der Waals surface area contributed by atoms with Crippen molar-refractivity contribution in [2.75, 3.05) is 13.3 Å². The Kier molecular flexibility index (Phi) is 7.67. The topological polar surface area (TPSA) is 39.5 Å². The molecule has 5 rings (SSSR count). The van der Waals surface area contributed by atoms with E-state index in [4.69, 9.17) is 14.5 Å². The van der Waals surface area contributed by atoms with Gasteiger partial charge in [-0.3, -0.25) is 4.90 Å². The number of hydrogen-bond acceptors (Lipinski definition) is 4. The Morgan fingerprint density at radius 3 is 2.56 bits per heavy atom. The number of fused-ring (bicyclic) bond motifs is 1. The summed E-state index contributed by atoms with van der Waals surface area (Å²) in [5.74, 6) is 2.72. The Hall–Kier alpha value is -3.57. The monoisotopic (exact) mass is 481 g/mol. The molecule has 1 aliphatic heterocycles. The predicted octanol–water partition coefficient (Wildman–Crippen LogP) is 6.63. The van der Waals surface area contributed by atoms with Crippen LogP contribution in [0.25, 0.3) is 11.4 Å². The summed E-state index contributed by atoms with van der Waals surface area (Å²) in [4.78, 5) is 7.40. The Balaban J connectivity index is 1.41. The molecular weight excluding hydrogens is 446 g/mol. The smallest absolute Gasteiger partial charge is 0.231 e. The second-order valence-electron chi connectivity index (χ2n) is 9.52. The van der Waals surface area contributed by atoms with E-state index >= 15 is 0 Å². The van der Waals surface area contributed by atoms with Crippen molar-refractivity contribution in [3.63, 3.8) is 0 Å². The molecule has 0 amide bonds. The van der Waals surface area contributed by atoms with Gasteiger partial charge in [-0.05, 0) is 48.6 Å². The highest BCUT2D eigenvalue weighted by molar-refractivity contribution is 5.56. The number of benzene rings is 3. The van der Waals surface area contributed by atoms with E-state index in [0.29, 0.717) is 6.79 Å². The number of unbranched alkanes of at least 4 members (excludes halogenated alkanes) is 1. The molecule has 1 aliphatic rings. The molecule has 4 aromatic rings. The van der Waals surface area contributed by atoms with Gasteiger partial charge in [-0.2, -0.15) is 0 Å². The first-order valence-corrected chi connectivity index (χ1v) is 13.0. The molecule has 2 heterocycles. The third-order valence-corrected chi connectivity index (χ3v) is 6.89. The fourth-order valence-corrected chi connectivity index (χ4v) is 4.83. The Morgan fingerprint density at radius 2 is 1.72 bits per heavy atom. The van der Waals surface area contributed by atoms with Crippen molar-refractivity contribution in [2.24, 2.45) is 0 Å². The van der Waals surface area contributed by atoms with Gasteiger partial charge in [0, 0.05) is 31.7 Å². The average Bonchev–Trinajstić information content (AvgIpc) is 3.54. The van der Waals surface area contributed by atoms with E-state index in [-0.39, 0.29) is 0 Å². The van der Waals surface area contributed by atoms with Crippen LogP contribution >= 0.6 is 0 Å². The molecule has 0 bridgehead atoms. The summed E-state index contributed by atoms with van der Waals surface area (Å²) < 4.78 is 13.6. The van der Waals surface area contributed by atoms with Gasteiger partial charge in [0.05, 0.1) is 11.9 Å². The second-order valence-corrected chi connectivity index (χ2v) is 9.52. The quantitative estimate of drug-likeness (QED) is 0.241. The molecule has 0 fully saturated rings. The summed E-state index contributed by atoms with van der Waals surface area (Å²) in [6.45, 7) is 8.35. The molecule has 0 unspecified atom stereocenters. The lowest BCUT2D eigenvalue weighted by Crippen LogP contribution is -2.27. The zero-order valence-corrected chi connectivity index (χ0v) is 21.3. The maximum absolute atomic E-state index is 5.64. The zero-order valence-electron chi connectivity index (χ0n) is 21.3. The largest absolute Gasteiger partial charge is 0.454 e. The standard InChI is InChI=1S/C31H35N3O2/c1-3-4-17-34-28(20-32-31(34)27-12-6-5-7-13-27)22-33(18-16-26-11-9-8-10-24(26)2)21-25-14-15-29-30(19-25)36-23-35-29/h5-15,19-20H,3-4,16-18,21-23H2,1-2H3. The minimum absolute atomic E-state index is 0.300. The molecule has 0 atom stereocenters. The minimum atomic E-state index is 0.300. The Bertz CT molecular complexity index is 1280.